The lowest BCUT2D eigenvalue weighted by molar-refractivity contribution is 0.343. The summed E-state index contributed by atoms with van der Waals surface area (Å²) in [4.78, 5) is 4.65. The van der Waals surface area contributed by atoms with Crippen LogP contribution in [0.5, 0.6) is 0 Å². The second kappa shape index (κ2) is 4.86. The van der Waals surface area contributed by atoms with Crippen LogP contribution in [0.2, 0.25) is 0 Å². The van der Waals surface area contributed by atoms with Gasteiger partial charge in [-0.3, -0.25) is 0 Å². The zero-order chi connectivity index (χ0) is 13.5. The Balaban J connectivity index is 2.64. The Hall–Kier alpha value is -0.540. The van der Waals surface area contributed by atoms with Gasteiger partial charge < -0.3 is 4.57 Å². The summed E-state index contributed by atoms with van der Waals surface area (Å²) >= 11 is 9.77. The van der Waals surface area contributed by atoms with Gasteiger partial charge in [-0.1, -0.05) is 36.7 Å². The van der Waals surface area contributed by atoms with Gasteiger partial charge in [0.1, 0.15) is 5.82 Å². The molecule has 2 rings (SSSR count). The van der Waals surface area contributed by atoms with Crippen molar-refractivity contribution in [1.29, 1.82) is 0 Å². The molecule has 0 amide bonds. The first-order valence-corrected chi connectivity index (χ1v) is 7.30. The van der Waals surface area contributed by atoms with Crippen LogP contribution < -0.4 is 0 Å². The first kappa shape index (κ1) is 13.9. The Labute approximate surface area is 121 Å². The minimum Gasteiger partial charge on any atom is -0.326 e. The summed E-state index contributed by atoms with van der Waals surface area (Å²) in [5.74, 6) is 0.944. The highest BCUT2D eigenvalue weighted by molar-refractivity contribution is 9.10. The Morgan fingerprint density at radius 3 is 2.61 bits per heavy atom. The monoisotopic (exact) mass is 328 g/mol. The Bertz CT molecular complexity index is 567. The molecular weight excluding hydrogens is 312 g/mol. The molecule has 0 saturated heterocycles. The summed E-state index contributed by atoms with van der Waals surface area (Å²) < 4.78 is 3.30. The Morgan fingerprint density at radius 2 is 2.06 bits per heavy atom. The third kappa shape index (κ3) is 2.89. The van der Waals surface area contributed by atoms with E-state index in [0.29, 0.717) is 0 Å². The van der Waals surface area contributed by atoms with E-state index in [-0.39, 0.29) is 10.8 Å². The van der Waals surface area contributed by atoms with Gasteiger partial charge in [0.25, 0.3) is 0 Å². The molecule has 0 radical (unpaired) electrons. The molecule has 0 saturated carbocycles. The third-order valence-electron chi connectivity index (χ3n) is 2.73. The summed E-state index contributed by atoms with van der Waals surface area (Å²) in [7, 11) is 0. The van der Waals surface area contributed by atoms with E-state index in [0.717, 1.165) is 27.9 Å². The molecule has 0 aliphatic rings. The van der Waals surface area contributed by atoms with E-state index in [1.165, 1.54) is 0 Å². The van der Waals surface area contributed by atoms with Gasteiger partial charge in [-0.2, -0.15) is 0 Å². The molecule has 1 heterocycles. The lowest BCUT2D eigenvalue weighted by atomic mass is 9.96. The lowest BCUT2D eigenvalue weighted by Crippen LogP contribution is -2.17. The standard InChI is InChI=1S/C14H18BrClN2/c1-9(16)13-17-11-6-5-10(15)7-12(11)18(13)8-14(2,3)4/h5-7,9H,8H2,1-4H3. The summed E-state index contributed by atoms with van der Waals surface area (Å²) in [6.45, 7) is 9.54. The molecule has 1 aromatic carbocycles. The van der Waals surface area contributed by atoms with Crippen LogP contribution in [-0.4, -0.2) is 9.55 Å². The van der Waals surface area contributed by atoms with Crippen LogP contribution in [0, 0.1) is 5.41 Å². The van der Waals surface area contributed by atoms with Gasteiger partial charge in [-0.25, -0.2) is 4.98 Å². The second-order valence-electron chi connectivity index (χ2n) is 5.87. The van der Waals surface area contributed by atoms with Crippen LogP contribution in [0.3, 0.4) is 0 Å². The summed E-state index contributed by atoms with van der Waals surface area (Å²) in [5.41, 5.74) is 2.34. The SMILES string of the molecule is CC(Cl)c1nc2ccc(Br)cc2n1CC(C)(C)C. The Morgan fingerprint density at radius 1 is 1.39 bits per heavy atom. The molecule has 1 atom stereocenters. The average Bonchev–Trinajstić information content (AvgIpc) is 2.55. The highest BCUT2D eigenvalue weighted by Gasteiger charge is 2.20. The Kier molecular flexibility index (Phi) is 3.75. The molecule has 4 heteroatoms. The van der Waals surface area contributed by atoms with Crippen LogP contribution in [0.25, 0.3) is 11.0 Å². The van der Waals surface area contributed by atoms with E-state index in [9.17, 15) is 0 Å². The number of hydrogen-bond donors (Lipinski definition) is 0. The number of nitrogens with zero attached hydrogens (tertiary/aromatic N) is 2. The fourth-order valence-corrected chi connectivity index (χ4v) is 2.57. The van der Waals surface area contributed by atoms with E-state index < -0.39 is 0 Å². The number of aromatic nitrogens is 2. The number of imidazole rings is 1. The summed E-state index contributed by atoms with van der Waals surface area (Å²) in [5, 5.41) is -0.0847. The maximum Gasteiger partial charge on any atom is 0.127 e. The predicted molar refractivity (Wildman–Crippen MR) is 81.2 cm³/mol. The van der Waals surface area contributed by atoms with Crippen LogP contribution in [0.1, 0.15) is 38.9 Å². The minimum absolute atomic E-state index is 0.0847. The largest absolute Gasteiger partial charge is 0.326 e. The molecular formula is C14H18BrClN2. The van der Waals surface area contributed by atoms with Gasteiger partial charge in [-0.15, -0.1) is 11.6 Å². The quantitative estimate of drug-likeness (QED) is 0.697. The van der Waals surface area contributed by atoms with Crippen molar-refractivity contribution in [3.05, 3.63) is 28.5 Å². The number of hydrogen-bond acceptors (Lipinski definition) is 1. The van der Waals surface area contributed by atoms with Crippen molar-refractivity contribution < 1.29 is 0 Å². The highest BCUT2D eigenvalue weighted by Crippen LogP contribution is 2.29. The van der Waals surface area contributed by atoms with Gasteiger partial charge in [0.05, 0.1) is 16.4 Å². The number of benzene rings is 1. The zero-order valence-electron chi connectivity index (χ0n) is 11.2. The van der Waals surface area contributed by atoms with E-state index >= 15 is 0 Å². The lowest BCUT2D eigenvalue weighted by Gasteiger charge is -2.21. The molecule has 98 valence electrons. The van der Waals surface area contributed by atoms with Gasteiger partial charge in [0, 0.05) is 11.0 Å². The van der Waals surface area contributed by atoms with Gasteiger partial charge >= 0.3 is 0 Å². The van der Waals surface area contributed by atoms with Crippen molar-refractivity contribution in [2.75, 3.05) is 0 Å². The normalized spacial score (nSPS) is 14.1. The molecule has 0 fully saturated rings. The number of rotatable bonds is 2. The number of fused-ring (bicyclic) bond motifs is 1. The van der Waals surface area contributed by atoms with Crippen molar-refractivity contribution in [3.8, 4) is 0 Å². The molecule has 0 spiro atoms. The van der Waals surface area contributed by atoms with Gasteiger partial charge in [0.15, 0.2) is 0 Å². The third-order valence-corrected chi connectivity index (χ3v) is 3.42. The van der Waals surface area contributed by atoms with Crippen molar-refractivity contribution >= 4 is 38.6 Å². The van der Waals surface area contributed by atoms with Crippen molar-refractivity contribution in [3.63, 3.8) is 0 Å². The summed E-state index contributed by atoms with van der Waals surface area (Å²) in [6.07, 6.45) is 0. The van der Waals surface area contributed by atoms with E-state index in [1.54, 1.807) is 0 Å². The number of halogens is 2. The smallest absolute Gasteiger partial charge is 0.127 e. The van der Waals surface area contributed by atoms with Crippen LogP contribution in [0.4, 0.5) is 0 Å². The maximum absolute atomic E-state index is 6.25. The fourth-order valence-electron chi connectivity index (χ4n) is 2.06. The molecule has 1 aromatic heterocycles. The van der Waals surface area contributed by atoms with E-state index in [1.807, 2.05) is 19.1 Å². The summed E-state index contributed by atoms with van der Waals surface area (Å²) in [6, 6.07) is 6.15. The van der Waals surface area contributed by atoms with Crippen LogP contribution >= 0.6 is 27.5 Å². The molecule has 2 nitrogen and oxygen atoms in total. The highest BCUT2D eigenvalue weighted by atomic mass is 79.9. The topological polar surface area (TPSA) is 17.8 Å². The molecule has 0 aliphatic carbocycles. The van der Waals surface area contributed by atoms with Crippen molar-refractivity contribution in [2.45, 2.75) is 39.6 Å². The minimum atomic E-state index is -0.0847. The van der Waals surface area contributed by atoms with E-state index in [4.69, 9.17) is 11.6 Å². The van der Waals surface area contributed by atoms with Crippen molar-refractivity contribution in [1.82, 2.24) is 9.55 Å². The predicted octanol–water partition coefficient (Wildman–Crippen LogP) is 5.14. The second-order valence-corrected chi connectivity index (χ2v) is 7.44. The molecule has 0 N–H and O–H groups in total. The molecule has 18 heavy (non-hydrogen) atoms. The maximum atomic E-state index is 6.25. The average molecular weight is 330 g/mol. The van der Waals surface area contributed by atoms with Gasteiger partial charge in [0.2, 0.25) is 0 Å². The van der Waals surface area contributed by atoms with Gasteiger partial charge in [-0.05, 0) is 30.5 Å². The number of alkyl halides is 1. The van der Waals surface area contributed by atoms with Crippen molar-refractivity contribution in [2.24, 2.45) is 5.41 Å². The molecule has 1 unspecified atom stereocenters. The van der Waals surface area contributed by atoms with E-state index in [2.05, 4.69) is 52.3 Å². The first-order chi connectivity index (χ1) is 8.28. The molecule has 2 aromatic rings. The first-order valence-electron chi connectivity index (χ1n) is 6.08. The molecule has 0 aliphatic heterocycles. The van der Waals surface area contributed by atoms with Crippen LogP contribution in [-0.2, 0) is 6.54 Å². The zero-order valence-corrected chi connectivity index (χ0v) is 13.5. The fraction of sp³-hybridized carbons (Fsp3) is 0.500. The molecule has 0 bridgehead atoms. The van der Waals surface area contributed by atoms with Crippen LogP contribution in [0.15, 0.2) is 22.7 Å².